The number of carbonyl (C=O) groups is 2. The fourth-order valence-electron chi connectivity index (χ4n) is 6.13. The summed E-state index contributed by atoms with van der Waals surface area (Å²) in [4.78, 5) is 27.8. The number of hydrogen-bond acceptors (Lipinski definition) is 5. The number of rotatable bonds is 8. The second-order valence-corrected chi connectivity index (χ2v) is 9.79. The summed E-state index contributed by atoms with van der Waals surface area (Å²) in [6, 6.07) is 7.21. The Morgan fingerprint density at radius 2 is 2.00 bits per heavy atom. The van der Waals surface area contributed by atoms with Crippen LogP contribution in [0, 0.1) is 17.8 Å². The van der Waals surface area contributed by atoms with Crippen LogP contribution in [0.25, 0.3) is 6.08 Å². The van der Waals surface area contributed by atoms with Gasteiger partial charge in [-0.05, 0) is 74.0 Å². The van der Waals surface area contributed by atoms with Crippen LogP contribution in [0.3, 0.4) is 0 Å². The maximum Gasteiger partial charge on any atom is 0.455 e. The first kappa shape index (κ1) is 24.7. The van der Waals surface area contributed by atoms with Gasteiger partial charge in [0.15, 0.2) is 0 Å². The third-order valence-electron chi connectivity index (χ3n) is 7.70. The van der Waals surface area contributed by atoms with Gasteiger partial charge in [-0.15, -0.1) is 0 Å². The summed E-state index contributed by atoms with van der Waals surface area (Å²) < 4.78 is 6.06. The molecule has 2 heterocycles. The number of phenols is 1. The fourth-order valence-corrected chi connectivity index (χ4v) is 6.13. The Balaban J connectivity index is 1.59. The second-order valence-electron chi connectivity index (χ2n) is 9.79. The molecule has 2 aliphatic heterocycles. The van der Waals surface area contributed by atoms with E-state index in [1.807, 2.05) is 19.1 Å². The van der Waals surface area contributed by atoms with E-state index in [2.05, 4.69) is 19.9 Å². The molecule has 2 amide bonds. The van der Waals surface area contributed by atoms with Gasteiger partial charge in [0.05, 0.1) is 17.9 Å². The molecular formula is C27H36BNO5. The highest BCUT2D eigenvalue weighted by atomic mass is 16.5. The number of imide groups is 1. The van der Waals surface area contributed by atoms with Crippen LogP contribution in [0.1, 0.15) is 64.9 Å². The lowest BCUT2D eigenvalue weighted by molar-refractivity contribution is -0.140. The summed E-state index contributed by atoms with van der Waals surface area (Å²) in [6.45, 7) is 6.66. The van der Waals surface area contributed by atoms with Gasteiger partial charge in [0.2, 0.25) is 11.8 Å². The van der Waals surface area contributed by atoms with Crippen LogP contribution in [-0.2, 0) is 14.2 Å². The van der Waals surface area contributed by atoms with E-state index in [1.54, 1.807) is 12.1 Å². The molecule has 2 fully saturated rings. The van der Waals surface area contributed by atoms with Gasteiger partial charge >= 0.3 is 7.12 Å². The molecular weight excluding hydrogens is 429 g/mol. The van der Waals surface area contributed by atoms with Crippen molar-refractivity contribution in [2.45, 2.75) is 71.7 Å². The van der Waals surface area contributed by atoms with Crippen molar-refractivity contribution in [3.8, 4) is 5.75 Å². The number of likely N-dealkylation sites (tertiary alicyclic amines) is 1. The number of phenolic OH excluding ortho intramolecular Hbond substituents is 1. The lowest BCUT2D eigenvalue weighted by atomic mass is 9.58. The number of allylic oxidation sites excluding steroid dienone is 2. The zero-order valence-electron chi connectivity index (χ0n) is 20.5. The first-order valence-corrected chi connectivity index (χ1v) is 12.8. The monoisotopic (exact) mass is 465 g/mol. The number of aromatic hydroxyl groups is 1. The van der Waals surface area contributed by atoms with E-state index in [1.165, 1.54) is 16.0 Å². The highest BCUT2D eigenvalue weighted by Gasteiger charge is 2.56. The van der Waals surface area contributed by atoms with E-state index in [0.29, 0.717) is 25.7 Å². The number of nitrogens with zero attached hydrogens (tertiary/aromatic N) is 1. The van der Waals surface area contributed by atoms with Crippen molar-refractivity contribution < 1.29 is 24.4 Å². The molecule has 6 nitrogen and oxygen atoms in total. The molecule has 7 heteroatoms. The topological polar surface area (TPSA) is 87.1 Å². The minimum absolute atomic E-state index is 0.0401. The number of benzene rings is 1. The van der Waals surface area contributed by atoms with Gasteiger partial charge in [0.25, 0.3) is 0 Å². The second kappa shape index (κ2) is 10.5. The third-order valence-corrected chi connectivity index (χ3v) is 7.70. The van der Waals surface area contributed by atoms with E-state index in [-0.39, 0.29) is 41.4 Å². The summed E-state index contributed by atoms with van der Waals surface area (Å²) in [5, 5.41) is 20.4. The van der Waals surface area contributed by atoms with Crippen LogP contribution in [0.4, 0.5) is 0 Å². The molecule has 34 heavy (non-hydrogen) atoms. The highest BCUT2D eigenvalue weighted by Crippen LogP contribution is 2.51. The molecule has 0 aromatic heterocycles. The van der Waals surface area contributed by atoms with Gasteiger partial charge < -0.3 is 14.8 Å². The van der Waals surface area contributed by atoms with Crippen molar-refractivity contribution >= 4 is 25.0 Å². The SMILES string of the molecule is CCCN1C(=O)[C@@H]2[C@@H](CC(CC)=C3[C@@H](CC/C(=C/c4cccc(O)c4)CC)OB(O)C[C@@H]32)C1=O. The summed E-state index contributed by atoms with van der Waals surface area (Å²) >= 11 is 0. The average Bonchev–Trinajstić information content (AvgIpc) is 3.05. The van der Waals surface area contributed by atoms with E-state index < -0.39 is 7.12 Å². The molecule has 0 unspecified atom stereocenters. The lowest BCUT2D eigenvalue weighted by Gasteiger charge is -2.43. The van der Waals surface area contributed by atoms with Crippen molar-refractivity contribution in [1.82, 2.24) is 4.90 Å². The van der Waals surface area contributed by atoms with Gasteiger partial charge in [-0.25, -0.2) is 0 Å². The summed E-state index contributed by atoms with van der Waals surface area (Å²) in [6.07, 6.45) is 6.78. The fraction of sp³-hybridized carbons (Fsp3) is 0.556. The van der Waals surface area contributed by atoms with E-state index in [9.17, 15) is 19.7 Å². The Labute approximate surface area is 202 Å². The molecule has 3 aliphatic rings. The molecule has 1 aromatic carbocycles. The van der Waals surface area contributed by atoms with Crippen molar-refractivity contribution in [2.24, 2.45) is 17.8 Å². The van der Waals surface area contributed by atoms with E-state index >= 15 is 0 Å². The predicted molar refractivity (Wildman–Crippen MR) is 133 cm³/mol. The van der Waals surface area contributed by atoms with Crippen LogP contribution in [-0.4, -0.2) is 46.6 Å². The molecule has 1 aromatic rings. The molecule has 1 aliphatic carbocycles. The highest BCUT2D eigenvalue weighted by molar-refractivity contribution is 6.43. The van der Waals surface area contributed by atoms with Crippen LogP contribution in [0.15, 0.2) is 41.0 Å². The molecule has 2 saturated heterocycles. The third kappa shape index (κ3) is 4.73. The maximum atomic E-state index is 13.3. The Bertz CT molecular complexity index is 1000. The Kier molecular flexibility index (Phi) is 7.63. The Morgan fingerprint density at radius 3 is 2.68 bits per heavy atom. The van der Waals surface area contributed by atoms with Crippen molar-refractivity contribution in [2.75, 3.05) is 6.54 Å². The number of fused-ring (bicyclic) bond motifs is 3. The standard InChI is InChI=1S/C27H36BNO5/c1-4-12-29-26(31)21-15-19(6-3)24-22(25(21)27(29)32)16-28(33)34-23(24)11-10-17(5-2)13-18-8-7-9-20(30)14-18/h7-9,13-14,21-23,25,30,33H,4-6,10-12,15-16H2,1-3H3/b17-13+/t21-,22+,23-,25-/m1/s1. The lowest BCUT2D eigenvalue weighted by Crippen LogP contribution is -2.46. The number of carbonyl (C=O) groups excluding carboxylic acids is 2. The predicted octanol–water partition coefficient (Wildman–Crippen LogP) is 4.58. The molecule has 0 spiro atoms. The van der Waals surface area contributed by atoms with Gasteiger partial charge in [-0.1, -0.05) is 50.1 Å². The maximum absolute atomic E-state index is 13.3. The van der Waals surface area contributed by atoms with E-state index in [4.69, 9.17) is 4.65 Å². The minimum Gasteiger partial charge on any atom is -0.508 e. The van der Waals surface area contributed by atoms with Crippen molar-refractivity contribution in [3.63, 3.8) is 0 Å². The van der Waals surface area contributed by atoms with Crippen LogP contribution >= 0.6 is 0 Å². The molecule has 182 valence electrons. The molecule has 4 rings (SSSR count). The Morgan fingerprint density at radius 1 is 1.21 bits per heavy atom. The molecule has 4 atom stereocenters. The quantitative estimate of drug-likeness (QED) is 0.333. The van der Waals surface area contributed by atoms with E-state index in [0.717, 1.165) is 36.8 Å². The number of amides is 2. The zero-order chi connectivity index (χ0) is 24.4. The number of hydrogen-bond donors (Lipinski definition) is 2. The first-order valence-electron chi connectivity index (χ1n) is 12.8. The molecule has 0 saturated carbocycles. The van der Waals surface area contributed by atoms with Crippen LogP contribution in [0.5, 0.6) is 5.75 Å². The van der Waals surface area contributed by atoms with Gasteiger partial charge in [-0.3, -0.25) is 14.5 Å². The summed E-state index contributed by atoms with van der Waals surface area (Å²) in [5.74, 6) is -0.680. The van der Waals surface area contributed by atoms with Gasteiger partial charge in [0.1, 0.15) is 5.75 Å². The molecule has 0 bridgehead atoms. The summed E-state index contributed by atoms with van der Waals surface area (Å²) in [7, 11) is -0.932. The van der Waals surface area contributed by atoms with Crippen LogP contribution in [0.2, 0.25) is 6.32 Å². The largest absolute Gasteiger partial charge is 0.508 e. The molecule has 2 N–H and O–H groups in total. The van der Waals surface area contributed by atoms with Gasteiger partial charge in [0, 0.05) is 6.54 Å². The minimum atomic E-state index is -0.932. The smallest absolute Gasteiger partial charge is 0.455 e. The van der Waals surface area contributed by atoms with Gasteiger partial charge in [-0.2, -0.15) is 0 Å². The van der Waals surface area contributed by atoms with Crippen molar-refractivity contribution in [1.29, 1.82) is 0 Å². The Hall–Kier alpha value is -2.38. The average molecular weight is 465 g/mol. The zero-order valence-corrected chi connectivity index (χ0v) is 20.5. The molecule has 0 radical (unpaired) electrons. The van der Waals surface area contributed by atoms with Crippen LogP contribution < -0.4 is 0 Å². The van der Waals surface area contributed by atoms with Crippen molar-refractivity contribution in [3.05, 3.63) is 46.5 Å². The normalized spacial score (nSPS) is 27.4. The first-order chi connectivity index (χ1) is 16.4. The summed E-state index contributed by atoms with van der Waals surface area (Å²) in [5.41, 5.74) is 4.57.